The van der Waals surface area contributed by atoms with E-state index in [-0.39, 0.29) is 0 Å². The van der Waals surface area contributed by atoms with E-state index in [1.165, 1.54) is 24.8 Å². The van der Waals surface area contributed by atoms with E-state index in [2.05, 4.69) is 42.6 Å². The van der Waals surface area contributed by atoms with Gasteiger partial charge in [-0.1, -0.05) is 37.3 Å². The zero-order valence-electron chi connectivity index (χ0n) is 10.7. The number of hydrogen-bond acceptors (Lipinski definition) is 2. The van der Waals surface area contributed by atoms with Gasteiger partial charge in [0.1, 0.15) is 0 Å². The number of ether oxygens (including phenoxy) is 1. The summed E-state index contributed by atoms with van der Waals surface area (Å²) in [5.74, 6) is 0. The third-order valence-corrected chi connectivity index (χ3v) is 3.73. The van der Waals surface area contributed by atoms with E-state index >= 15 is 0 Å². The molecule has 0 atom stereocenters. The van der Waals surface area contributed by atoms with Crippen molar-refractivity contribution in [2.24, 2.45) is 5.41 Å². The van der Waals surface area contributed by atoms with Gasteiger partial charge < -0.3 is 10.1 Å². The molecule has 0 saturated carbocycles. The van der Waals surface area contributed by atoms with Crippen LogP contribution in [0.5, 0.6) is 0 Å². The average molecular weight is 233 g/mol. The topological polar surface area (TPSA) is 21.3 Å². The smallest absolute Gasteiger partial charge is 0.0471 e. The van der Waals surface area contributed by atoms with Crippen molar-refractivity contribution < 1.29 is 4.74 Å². The van der Waals surface area contributed by atoms with Gasteiger partial charge in [-0.25, -0.2) is 0 Å². The summed E-state index contributed by atoms with van der Waals surface area (Å²) in [7, 11) is 0. The molecule has 0 aromatic heterocycles. The van der Waals surface area contributed by atoms with Gasteiger partial charge in [-0.2, -0.15) is 0 Å². The SMILES string of the molecule is CCNCC1(Cc2ccccc2)CCOCC1. The molecule has 0 bridgehead atoms. The fourth-order valence-corrected chi connectivity index (χ4v) is 2.64. The predicted octanol–water partition coefficient (Wildman–Crippen LogP) is 2.64. The highest BCUT2D eigenvalue weighted by Gasteiger charge is 2.32. The van der Waals surface area contributed by atoms with Crippen LogP contribution in [-0.2, 0) is 11.2 Å². The molecule has 0 aliphatic carbocycles. The van der Waals surface area contributed by atoms with Crippen LogP contribution in [0.4, 0.5) is 0 Å². The molecule has 1 N–H and O–H groups in total. The molecule has 1 aromatic carbocycles. The van der Waals surface area contributed by atoms with Crippen LogP contribution < -0.4 is 5.32 Å². The molecule has 1 aliphatic heterocycles. The van der Waals surface area contributed by atoms with Crippen molar-refractivity contribution in [2.75, 3.05) is 26.3 Å². The summed E-state index contributed by atoms with van der Waals surface area (Å²) >= 11 is 0. The molecule has 1 heterocycles. The van der Waals surface area contributed by atoms with Crippen molar-refractivity contribution in [1.82, 2.24) is 5.32 Å². The summed E-state index contributed by atoms with van der Waals surface area (Å²) in [6.07, 6.45) is 3.52. The second-order valence-corrected chi connectivity index (χ2v) is 5.06. The maximum absolute atomic E-state index is 5.51. The Bertz CT molecular complexity index is 317. The molecule has 2 heteroatoms. The first-order valence-electron chi connectivity index (χ1n) is 6.67. The second-order valence-electron chi connectivity index (χ2n) is 5.06. The zero-order valence-corrected chi connectivity index (χ0v) is 10.7. The highest BCUT2D eigenvalue weighted by Crippen LogP contribution is 2.33. The normalized spacial score (nSPS) is 19.1. The molecule has 2 nitrogen and oxygen atoms in total. The summed E-state index contributed by atoms with van der Waals surface area (Å²) in [4.78, 5) is 0. The molecule has 0 spiro atoms. The molecule has 2 rings (SSSR count). The minimum atomic E-state index is 0.398. The largest absolute Gasteiger partial charge is 0.381 e. The Morgan fingerprint density at radius 1 is 1.18 bits per heavy atom. The third-order valence-electron chi connectivity index (χ3n) is 3.73. The molecule has 1 aromatic rings. The van der Waals surface area contributed by atoms with E-state index in [0.29, 0.717) is 5.41 Å². The Hall–Kier alpha value is -0.860. The van der Waals surface area contributed by atoms with E-state index in [9.17, 15) is 0 Å². The standard InChI is InChI=1S/C15H23NO/c1-2-16-13-15(8-10-17-11-9-15)12-14-6-4-3-5-7-14/h3-7,16H,2,8-13H2,1H3. The van der Waals surface area contributed by atoms with Crippen molar-refractivity contribution >= 4 is 0 Å². The zero-order chi connectivity index (χ0) is 12.0. The summed E-state index contributed by atoms with van der Waals surface area (Å²) in [6.45, 7) is 6.17. The summed E-state index contributed by atoms with van der Waals surface area (Å²) in [6, 6.07) is 10.8. The van der Waals surface area contributed by atoms with Crippen LogP contribution in [0.1, 0.15) is 25.3 Å². The highest BCUT2D eigenvalue weighted by atomic mass is 16.5. The summed E-state index contributed by atoms with van der Waals surface area (Å²) in [5.41, 5.74) is 1.85. The Balaban J connectivity index is 2.04. The number of rotatable bonds is 5. The lowest BCUT2D eigenvalue weighted by Gasteiger charge is -2.37. The van der Waals surface area contributed by atoms with Crippen molar-refractivity contribution in [3.05, 3.63) is 35.9 Å². The van der Waals surface area contributed by atoms with Crippen LogP contribution >= 0.6 is 0 Å². The first-order valence-corrected chi connectivity index (χ1v) is 6.67. The molecule has 0 radical (unpaired) electrons. The molecule has 0 amide bonds. The lowest BCUT2D eigenvalue weighted by molar-refractivity contribution is 0.0152. The number of benzene rings is 1. The Morgan fingerprint density at radius 3 is 2.53 bits per heavy atom. The van der Waals surface area contributed by atoms with Crippen LogP contribution in [-0.4, -0.2) is 26.3 Å². The Labute approximate surface area is 104 Å². The van der Waals surface area contributed by atoms with Crippen molar-refractivity contribution in [2.45, 2.75) is 26.2 Å². The van der Waals surface area contributed by atoms with E-state index in [4.69, 9.17) is 4.74 Å². The molecule has 1 saturated heterocycles. The summed E-state index contributed by atoms with van der Waals surface area (Å²) < 4.78 is 5.51. The van der Waals surface area contributed by atoms with Gasteiger partial charge >= 0.3 is 0 Å². The lowest BCUT2D eigenvalue weighted by Crippen LogP contribution is -2.40. The molecule has 1 fully saturated rings. The van der Waals surface area contributed by atoms with Gasteiger partial charge in [-0.3, -0.25) is 0 Å². The first kappa shape index (κ1) is 12.6. The van der Waals surface area contributed by atoms with Crippen LogP contribution in [0, 0.1) is 5.41 Å². The maximum Gasteiger partial charge on any atom is 0.0471 e. The van der Waals surface area contributed by atoms with Gasteiger partial charge in [0.25, 0.3) is 0 Å². The van der Waals surface area contributed by atoms with Gasteiger partial charge in [0, 0.05) is 19.8 Å². The number of hydrogen-bond donors (Lipinski definition) is 1. The van der Waals surface area contributed by atoms with Crippen LogP contribution in [0.3, 0.4) is 0 Å². The molecular formula is C15H23NO. The average Bonchev–Trinajstić information content (AvgIpc) is 2.39. The van der Waals surface area contributed by atoms with E-state index < -0.39 is 0 Å². The van der Waals surface area contributed by atoms with Crippen molar-refractivity contribution in [1.29, 1.82) is 0 Å². The lowest BCUT2D eigenvalue weighted by atomic mass is 9.75. The molecule has 0 unspecified atom stereocenters. The molecule has 17 heavy (non-hydrogen) atoms. The quantitative estimate of drug-likeness (QED) is 0.844. The van der Waals surface area contributed by atoms with Gasteiger partial charge in [-0.15, -0.1) is 0 Å². The van der Waals surface area contributed by atoms with Crippen molar-refractivity contribution in [3.63, 3.8) is 0 Å². The highest BCUT2D eigenvalue weighted by molar-refractivity contribution is 5.17. The van der Waals surface area contributed by atoms with Crippen LogP contribution in [0.15, 0.2) is 30.3 Å². The minimum Gasteiger partial charge on any atom is -0.381 e. The van der Waals surface area contributed by atoms with Crippen LogP contribution in [0.25, 0.3) is 0 Å². The van der Waals surface area contributed by atoms with Gasteiger partial charge in [0.15, 0.2) is 0 Å². The fraction of sp³-hybridized carbons (Fsp3) is 0.600. The molecule has 94 valence electrons. The Morgan fingerprint density at radius 2 is 1.88 bits per heavy atom. The fourth-order valence-electron chi connectivity index (χ4n) is 2.64. The monoisotopic (exact) mass is 233 g/mol. The van der Waals surface area contributed by atoms with E-state index in [0.717, 1.165) is 26.3 Å². The second kappa shape index (κ2) is 6.18. The molecule has 1 aliphatic rings. The molecular weight excluding hydrogens is 210 g/mol. The number of nitrogens with one attached hydrogen (secondary N) is 1. The third kappa shape index (κ3) is 3.55. The maximum atomic E-state index is 5.51. The first-order chi connectivity index (χ1) is 8.35. The van der Waals surface area contributed by atoms with Crippen LogP contribution in [0.2, 0.25) is 0 Å². The predicted molar refractivity (Wildman–Crippen MR) is 71.2 cm³/mol. The van der Waals surface area contributed by atoms with Gasteiger partial charge in [-0.05, 0) is 36.8 Å². The van der Waals surface area contributed by atoms with Gasteiger partial charge in [0.05, 0.1) is 0 Å². The van der Waals surface area contributed by atoms with E-state index in [1.807, 2.05) is 0 Å². The van der Waals surface area contributed by atoms with E-state index in [1.54, 1.807) is 0 Å². The van der Waals surface area contributed by atoms with Gasteiger partial charge in [0.2, 0.25) is 0 Å². The van der Waals surface area contributed by atoms with Crippen molar-refractivity contribution in [3.8, 4) is 0 Å². The summed E-state index contributed by atoms with van der Waals surface area (Å²) in [5, 5.41) is 3.52. The minimum absolute atomic E-state index is 0.398. The Kier molecular flexibility index (Phi) is 4.57.